The Bertz CT molecular complexity index is 500. The van der Waals surface area contributed by atoms with E-state index >= 15 is 0 Å². The van der Waals surface area contributed by atoms with Crippen LogP contribution in [0.5, 0.6) is 0 Å². The maximum Gasteiger partial charge on any atom is 0.0835 e. The van der Waals surface area contributed by atoms with E-state index in [2.05, 4.69) is 26.3 Å². The maximum absolute atomic E-state index is 6.11. The fourth-order valence-electron chi connectivity index (χ4n) is 1.40. The van der Waals surface area contributed by atoms with Crippen molar-refractivity contribution in [2.45, 2.75) is 6.54 Å². The van der Waals surface area contributed by atoms with Crippen molar-refractivity contribution < 1.29 is 0 Å². The van der Waals surface area contributed by atoms with E-state index in [9.17, 15) is 0 Å². The molecule has 0 saturated heterocycles. The van der Waals surface area contributed by atoms with Gasteiger partial charge in [0.05, 0.1) is 22.3 Å². The van der Waals surface area contributed by atoms with Crippen LogP contribution in [0, 0.1) is 0 Å². The minimum atomic E-state index is 0.524. The van der Waals surface area contributed by atoms with Crippen molar-refractivity contribution in [3.8, 4) is 0 Å². The van der Waals surface area contributed by atoms with Crippen molar-refractivity contribution >= 4 is 44.8 Å². The molecule has 0 spiro atoms. The van der Waals surface area contributed by atoms with Gasteiger partial charge in [-0.15, -0.1) is 0 Å². The number of nitrogens with one attached hydrogen (secondary N) is 1. The molecule has 1 heterocycles. The third kappa shape index (κ3) is 3.15. The van der Waals surface area contributed by atoms with E-state index in [4.69, 9.17) is 23.2 Å². The Balaban J connectivity index is 1.97. The molecule has 3 nitrogen and oxygen atoms in total. The summed E-state index contributed by atoms with van der Waals surface area (Å²) in [6.45, 7) is 1.51. The second-order valence-electron chi connectivity index (χ2n) is 3.42. The van der Waals surface area contributed by atoms with Gasteiger partial charge in [0.15, 0.2) is 0 Å². The van der Waals surface area contributed by atoms with Crippen LogP contribution in [0.3, 0.4) is 0 Å². The van der Waals surface area contributed by atoms with Gasteiger partial charge in [-0.1, -0.05) is 23.2 Å². The summed E-state index contributed by atoms with van der Waals surface area (Å²) in [4.78, 5) is 0. The molecule has 0 saturated carbocycles. The van der Waals surface area contributed by atoms with E-state index in [1.54, 1.807) is 6.20 Å². The van der Waals surface area contributed by atoms with Gasteiger partial charge in [0.2, 0.25) is 0 Å². The monoisotopic (exact) mass is 333 g/mol. The minimum absolute atomic E-state index is 0.524. The summed E-state index contributed by atoms with van der Waals surface area (Å²) in [6, 6.07) is 5.65. The molecule has 1 N–H and O–H groups in total. The fourth-order valence-corrected chi connectivity index (χ4v) is 2.24. The summed E-state index contributed by atoms with van der Waals surface area (Å²) in [5.74, 6) is 0. The average molecular weight is 335 g/mol. The summed E-state index contributed by atoms with van der Waals surface area (Å²) in [6.07, 6.45) is 3.67. The van der Waals surface area contributed by atoms with Crippen LogP contribution >= 0.6 is 39.1 Å². The highest BCUT2D eigenvalue weighted by molar-refractivity contribution is 9.10. The van der Waals surface area contributed by atoms with Gasteiger partial charge < -0.3 is 5.32 Å². The lowest BCUT2D eigenvalue weighted by Gasteiger charge is -2.10. The smallest absolute Gasteiger partial charge is 0.0835 e. The fraction of sp³-hybridized carbons (Fsp3) is 0.182. The molecule has 0 atom stereocenters. The van der Waals surface area contributed by atoms with Gasteiger partial charge >= 0.3 is 0 Å². The number of aromatic nitrogens is 2. The van der Waals surface area contributed by atoms with Crippen molar-refractivity contribution in [3.63, 3.8) is 0 Å². The molecule has 0 bridgehead atoms. The summed E-state index contributed by atoms with van der Waals surface area (Å²) >= 11 is 15.5. The Labute approximate surface area is 118 Å². The molecule has 0 aliphatic heterocycles. The molecule has 6 heteroatoms. The van der Waals surface area contributed by atoms with Crippen molar-refractivity contribution in [2.75, 3.05) is 11.9 Å². The molecule has 0 amide bonds. The van der Waals surface area contributed by atoms with E-state index < -0.39 is 0 Å². The molecule has 0 aliphatic rings. The van der Waals surface area contributed by atoms with E-state index in [1.807, 2.05) is 29.1 Å². The maximum atomic E-state index is 6.11. The molecule has 0 aliphatic carbocycles. The number of anilines is 1. The molecule has 90 valence electrons. The lowest BCUT2D eigenvalue weighted by atomic mass is 10.3. The first-order valence-corrected chi connectivity index (χ1v) is 6.58. The lowest BCUT2D eigenvalue weighted by Crippen LogP contribution is -2.11. The van der Waals surface area contributed by atoms with Gasteiger partial charge in [0, 0.05) is 23.4 Å². The number of benzene rings is 1. The number of hydrogen-bond donors (Lipinski definition) is 1. The normalized spacial score (nSPS) is 10.5. The van der Waals surface area contributed by atoms with Gasteiger partial charge in [0.1, 0.15) is 0 Å². The first-order chi connectivity index (χ1) is 8.18. The summed E-state index contributed by atoms with van der Waals surface area (Å²) in [7, 11) is 0. The number of rotatable bonds is 4. The molecule has 2 aromatic rings. The molecule has 17 heavy (non-hydrogen) atoms. The van der Waals surface area contributed by atoms with Gasteiger partial charge in [-0.3, -0.25) is 4.68 Å². The highest BCUT2D eigenvalue weighted by Crippen LogP contribution is 2.35. The Kier molecular flexibility index (Phi) is 4.31. The van der Waals surface area contributed by atoms with Crippen LogP contribution in [-0.2, 0) is 6.54 Å². The van der Waals surface area contributed by atoms with E-state index in [0.29, 0.717) is 10.0 Å². The Morgan fingerprint density at radius 2 is 2.12 bits per heavy atom. The predicted octanol–water partition coefficient (Wildman–Crippen LogP) is 4.06. The molecular formula is C11H10BrCl2N3. The largest absolute Gasteiger partial charge is 0.382 e. The van der Waals surface area contributed by atoms with Crippen molar-refractivity contribution in [2.24, 2.45) is 0 Å². The third-order valence-electron chi connectivity index (χ3n) is 2.25. The molecule has 0 fully saturated rings. The highest BCUT2D eigenvalue weighted by atomic mass is 79.9. The molecule has 0 radical (unpaired) electrons. The summed E-state index contributed by atoms with van der Waals surface area (Å²) < 4.78 is 2.64. The zero-order valence-electron chi connectivity index (χ0n) is 8.83. The van der Waals surface area contributed by atoms with Crippen LogP contribution in [0.4, 0.5) is 5.69 Å². The van der Waals surface area contributed by atoms with Crippen LogP contribution in [0.15, 0.2) is 35.1 Å². The zero-order chi connectivity index (χ0) is 12.3. The Morgan fingerprint density at radius 3 is 2.82 bits per heavy atom. The molecule has 1 aromatic carbocycles. The zero-order valence-corrected chi connectivity index (χ0v) is 11.9. The van der Waals surface area contributed by atoms with Gasteiger partial charge in [-0.05, 0) is 34.1 Å². The van der Waals surface area contributed by atoms with Gasteiger partial charge in [-0.2, -0.15) is 5.10 Å². The van der Waals surface area contributed by atoms with Crippen LogP contribution < -0.4 is 5.32 Å². The highest BCUT2D eigenvalue weighted by Gasteiger charge is 2.07. The topological polar surface area (TPSA) is 29.9 Å². The number of hydrogen-bond acceptors (Lipinski definition) is 2. The van der Waals surface area contributed by atoms with Crippen molar-refractivity contribution in [1.82, 2.24) is 9.78 Å². The quantitative estimate of drug-likeness (QED) is 0.854. The second kappa shape index (κ2) is 5.76. The Morgan fingerprint density at radius 1 is 1.29 bits per heavy atom. The van der Waals surface area contributed by atoms with Crippen LogP contribution in [0.2, 0.25) is 10.0 Å². The second-order valence-corrected chi connectivity index (χ2v) is 5.03. The van der Waals surface area contributed by atoms with E-state index in [0.717, 1.165) is 23.2 Å². The van der Waals surface area contributed by atoms with Crippen LogP contribution in [0.25, 0.3) is 0 Å². The van der Waals surface area contributed by atoms with Gasteiger partial charge in [0.25, 0.3) is 0 Å². The van der Waals surface area contributed by atoms with E-state index in [1.165, 1.54) is 0 Å². The predicted molar refractivity (Wildman–Crippen MR) is 74.9 cm³/mol. The standard InChI is InChI=1S/C11H10BrCl2N3/c12-8-2-3-9(11(14)10(8)13)15-5-7-17-6-1-4-16-17/h1-4,6,15H,5,7H2. The first-order valence-electron chi connectivity index (χ1n) is 5.03. The number of nitrogens with zero attached hydrogens (tertiary/aromatic N) is 2. The lowest BCUT2D eigenvalue weighted by molar-refractivity contribution is 0.638. The SMILES string of the molecule is Clc1c(Br)ccc(NCCn2cccn2)c1Cl. The Hall–Kier alpha value is -0.710. The number of halogens is 3. The van der Waals surface area contributed by atoms with E-state index in [-0.39, 0.29) is 0 Å². The molecule has 1 aromatic heterocycles. The molecule has 2 rings (SSSR count). The summed E-state index contributed by atoms with van der Waals surface area (Å²) in [5, 5.41) is 8.39. The van der Waals surface area contributed by atoms with Crippen LogP contribution in [-0.4, -0.2) is 16.3 Å². The molecular weight excluding hydrogens is 325 g/mol. The first kappa shape index (κ1) is 12.7. The van der Waals surface area contributed by atoms with Crippen molar-refractivity contribution in [3.05, 3.63) is 45.1 Å². The average Bonchev–Trinajstić information content (AvgIpc) is 2.82. The molecule has 0 unspecified atom stereocenters. The van der Waals surface area contributed by atoms with Crippen LogP contribution in [0.1, 0.15) is 0 Å². The van der Waals surface area contributed by atoms with Gasteiger partial charge in [-0.25, -0.2) is 0 Å². The third-order valence-corrected chi connectivity index (χ3v) is 4.02. The minimum Gasteiger partial charge on any atom is -0.382 e. The van der Waals surface area contributed by atoms with Crippen molar-refractivity contribution in [1.29, 1.82) is 0 Å². The summed E-state index contributed by atoms with van der Waals surface area (Å²) in [5.41, 5.74) is 0.826.